The summed E-state index contributed by atoms with van der Waals surface area (Å²) in [6, 6.07) is 8.35. The number of rotatable bonds is 2. The topological polar surface area (TPSA) is 31.2 Å². The van der Waals surface area contributed by atoms with Gasteiger partial charge in [-0.3, -0.25) is 0 Å². The molecular weight excluding hydrogens is 214 g/mol. The Morgan fingerprint density at radius 2 is 2.29 bits per heavy atom. The quantitative estimate of drug-likeness (QED) is 0.740. The summed E-state index contributed by atoms with van der Waals surface area (Å²) < 4.78 is 7.77. The van der Waals surface area contributed by atoms with Crippen molar-refractivity contribution in [2.45, 2.75) is 18.9 Å². The molecule has 88 valence electrons. The van der Waals surface area contributed by atoms with E-state index >= 15 is 0 Å². The standard InChI is InChI=1S/C14H15NO2/c1-15-12-5-3-2-4-11(12)14-10(6-7-16)8-17-9-13(14)15/h2-5,7,10H,6,8-9H2,1H3. The van der Waals surface area contributed by atoms with Crippen molar-refractivity contribution in [3.05, 3.63) is 35.5 Å². The number of ether oxygens (including phenoxy) is 1. The maximum Gasteiger partial charge on any atom is 0.120 e. The molecule has 1 aliphatic rings. The highest BCUT2D eigenvalue weighted by molar-refractivity contribution is 5.86. The van der Waals surface area contributed by atoms with Crippen LogP contribution < -0.4 is 0 Å². The number of carbonyl (C=O) groups excluding carboxylic acids is 1. The minimum atomic E-state index is 0.211. The van der Waals surface area contributed by atoms with Crippen LogP contribution in [0, 0.1) is 0 Å². The van der Waals surface area contributed by atoms with Crippen LogP contribution in [-0.4, -0.2) is 17.5 Å². The number of aryl methyl sites for hydroxylation is 1. The smallest absolute Gasteiger partial charge is 0.120 e. The van der Waals surface area contributed by atoms with Crippen LogP contribution in [0.1, 0.15) is 23.6 Å². The number of hydrogen-bond acceptors (Lipinski definition) is 2. The number of hydrogen-bond donors (Lipinski definition) is 0. The third-order valence-electron chi connectivity index (χ3n) is 3.62. The maximum atomic E-state index is 10.8. The minimum Gasteiger partial charge on any atom is -0.375 e. The molecule has 0 amide bonds. The van der Waals surface area contributed by atoms with E-state index in [9.17, 15) is 4.79 Å². The lowest BCUT2D eigenvalue weighted by Crippen LogP contribution is -2.17. The summed E-state index contributed by atoms with van der Waals surface area (Å²) in [5.74, 6) is 0.211. The van der Waals surface area contributed by atoms with Crippen LogP contribution in [0.15, 0.2) is 24.3 Å². The number of fused-ring (bicyclic) bond motifs is 3. The fraction of sp³-hybridized carbons (Fsp3) is 0.357. The van der Waals surface area contributed by atoms with Crippen molar-refractivity contribution in [2.75, 3.05) is 6.61 Å². The largest absolute Gasteiger partial charge is 0.375 e. The van der Waals surface area contributed by atoms with E-state index in [1.54, 1.807) is 0 Å². The summed E-state index contributed by atoms with van der Waals surface area (Å²) in [4.78, 5) is 10.8. The Labute approximate surface area is 100.0 Å². The van der Waals surface area contributed by atoms with Gasteiger partial charge in [-0.1, -0.05) is 18.2 Å². The van der Waals surface area contributed by atoms with Gasteiger partial charge in [-0.15, -0.1) is 0 Å². The molecule has 0 fully saturated rings. The lowest BCUT2D eigenvalue weighted by atomic mass is 9.92. The average molecular weight is 229 g/mol. The van der Waals surface area contributed by atoms with E-state index in [-0.39, 0.29) is 5.92 Å². The minimum absolute atomic E-state index is 0.211. The van der Waals surface area contributed by atoms with E-state index in [0.717, 1.165) is 6.29 Å². The number of carbonyl (C=O) groups is 1. The molecule has 3 nitrogen and oxygen atoms in total. The van der Waals surface area contributed by atoms with Gasteiger partial charge < -0.3 is 14.1 Å². The molecule has 0 aliphatic carbocycles. The summed E-state index contributed by atoms with van der Waals surface area (Å²) in [5.41, 5.74) is 3.74. The third kappa shape index (κ3) is 1.50. The van der Waals surface area contributed by atoms with Crippen molar-refractivity contribution < 1.29 is 9.53 Å². The first-order valence-corrected chi connectivity index (χ1v) is 5.90. The van der Waals surface area contributed by atoms with Gasteiger partial charge in [0, 0.05) is 36.0 Å². The van der Waals surface area contributed by atoms with Gasteiger partial charge in [0.05, 0.1) is 13.2 Å². The zero-order valence-corrected chi connectivity index (χ0v) is 9.85. The molecule has 0 bridgehead atoms. The molecule has 1 aliphatic heterocycles. The Morgan fingerprint density at radius 3 is 3.12 bits per heavy atom. The van der Waals surface area contributed by atoms with Gasteiger partial charge in [-0.05, 0) is 11.6 Å². The van der Waals surface area contributed by atoms with Gasteiger partial charge in [0.25, 0.3) is 0 Å². The molecule has 2 heterocycles. The highest BCUT2D eigenvalue weighted by Crippen LogP contribution is 2.36. The molecule has 2 aromatic rings. The lowest BCUT2D eigenvalue weighted by Gasteiger charge is -2.22. The van der Waals surface area contributed by atoms with Crippen molar-refractivity contribution >= 4 is 17.2 Å². The molecule has 1 aromatic carbocycles. The zero-order valence-electron chi connectivity index (χ0n) is 9.85. The maximum absolute atomic E-state index is 10.8. The van der Waals surface area contributed by atoms with Gasteiger partial charge in [-0.25, -0.2) is 0 Å². The fourth-order valence-electron chi connectivity index (χ4n) is 2.79. The molecule has 0 radical (unpaired) electrons. The van der Waals surface area contributed by atoms with E-state index in [4.69, 9.17) is 4.74 Å². The fourth-order valence-corrected chi connectivity index (χ4v) is 2.79. The van der Waals surface area contributed by atoms with Crippen molar-refractivity contribution in [1.82, 2.24) is 4.57 Å². The summed E-state index contributed by atoms with van der Waals surface area (Å²) >= 11 is 0. The molecule has 1 unspecified atom stereocenters. The predicted molar refractivity (Wildman–Crippen MR) is 66.0 cm³/mol. The van der Waals surface area contributed by atoms with Crippen molar-refractivity contribution in [3.8, 4) is 0 Å². The van der Waals surface area contributed by atoms with Gasteiger partial charge in [-0.2, -0.15) is 0 Å². The molecule has 0 saturated heterocycles. The predicted octanol–water partition coefficient (Wildman–Crippen LogP) is 2.38. The van der Waals surface area contributed by atoms with Crippen molar-refractivity contribution in [1.29, 1.82) is 0 Å². The SMILES string of the molecule is Cn1c2c(c3ccccc31)C(CC=O)COC2. The first-order valence-electron chi connectivity index (χ1n) is 5.90. The zero-order chi connectivity index (χ0) is 11.8. The van der Waals surface area contributed by atoms with Gasteiger partial charge >= 0.3 is 0 Å². The van der Waals surface area contributed by atoms with Crippen molar-refractivity contribution in [3.63, 3.8) is 0 Å². The van der Waals surface area contributed by atoms with Crippen LogP contribution in [0.5, 0.6) is 0 Å². The summed E-state index contributed by atoms with van der Waals surface area (Å²) in [7, 11) is 2.06. The van der Waals surface area contributed by atoms with Crippen LogP contribution in [0.4, 0.5) is 0 Å². The number of aldehydes is 1. The second-order valence-corrected chi connectivity index (χ2v) is 4.55. The van der Waals surface area contributed by atoms with E-state index < -0.39 is 0 Å². The first-order chi connectivity index (χ1) is 8.33. The van der Waals surface area contributed by atoms with E-state index in [1.807, 2.05) is 6.07 Å². The van der Waals surface area contributed by atoms with E-state index in [1.165, 1.54) is 22.2 Å². The Morgan fingerprint density at radius 1 is 1.47 bits per heavy atom. The van der Waals surface area contributed by atoms with E-state index in [0.29, 0.717) is 19.6 Å². The summed E-state index contributed by atoms with van der Waals surface area (Å²) in [6.07, 6.45) is 1.53. The molecule has 0 spiro atoms. The van der Waals surface area contributed by atoms with Crippen LogP contribution in [-0.2, 0) is 23.2 Å². The Bertz CT molecular complexity index is 571. The monoisotopic (exact) mass is 229 g/mol. The van der Waals surface area contributed by atoms with E-state index in [2.05, 4.69) is 29.8 Å². The molecule has 1 atom stereocenters. The number of nitrogens with zero attached hydrogens (tertiary/aromatic N) is 1. The normalized spacial score (nSPS) is 19.2. The number of para-hydroxylation sites is 1. The Balaban J connectivity index is 2.27. The summed E-state index contributed by atoms with van der Waals surface area (Å²) in [5, 5.41) is 1.26. The molecule has 17 heavy (non-hydrogen) atoms. The number of aromatic nitrogens is 1. The lowest BCUT2D eigenvalue weighted by molar-refractivity contribution is -0.108. The van der Waals surface area contributed by atoms with Crippen LogP contribution >= 0.6 is 0 Å². The van der Waals surface area contributed by atoms with Gasteiger partial charge in [0.2, 0.25) is 0 Å². The van der Waals surface area contributed by atoms with Crippen LogP contribution in [0.25, 0.3) is 10.9 Å². The van der Waals surface area contributed by atoms with Gasteiger partial charge in [0.15, 0.2) is 0 Å². The Kier molecular flexibility index (Phi) is 2.48. The molecule has 3 rings (SSSR count). The third-order valence-corrected chi connectivity index (χ3v) is 3.62. The van der Waals surface area contributed by atoms with Crippen LogP contribution in [0.3, 0.4) is 0 Å². The first kappa shape index (κ1) is 10.5. The molecule has 0 saturated carbocycles. The number of benzene rings is 1. The molecule has 3 heteroatoms. The highest BCUT2D eigenvalue weighted by Gasteiger charge is 2.26. The average Bonchev–Trinajstić information content (AvgIpc) is 2.66. The highest BCUT2D eigenvalue weighted by atomic mass is 16.5. The molecular formula is C14H15NO2. The van der Waals surface area contributed by atoms with Gasteiger partial charge in [0.1, 0.15) is 6.29 Å². The molecule has 1 aromatic heterocycles. The second kappa shape index (κ2) is 4.00. The summed E-state index contributed by atoms with van der Waals surface area (Å²) in [6.45, 7) is 1.30. The second-order valence-electron chi connectivity index (χ2n) is 4.55. The van der Waals surface area contributed by atoms with Crippen LogP contribution in [0.2, 0.25) is 0 Å². The molecule has 0 N–H and O–H groups in total. The Hall–Kier alpha value is -1.61. The van der Waals surface area contributed by atoms with Crippen molar-refractivity contribution in [2.24, 2.45) is 7.05 Å².